The van der Waals surface area contributed by atoms with Crippen LogP contribution in [0.5, 0.6) is 0 Å². The van der Waals surface area contributed by atoms with E-state index >= 15 is 0 Å². The van der Waals surface area contributed by atoms with Crippen LogP contribution in [0.15, 0.2) is 28.8 Å². The Hall–Kier alpha value is -0.296. The van der Waals surface area contributed by atoms with Gasteiger partial charge in [0.25, 0.3) is 10.1 Å². The summed E-state index contributed by atoms with van der Waals surface area (Å²) in [5.74, 6) is -0.524. The zero-order valence-corrected chi connectivity index (χ0v) is 11.3. The molecule has 0 atom stereocenters. The Morgan fingerprint density at radius 2 is 2.00 bits per heavy atom. The zero-order chi connectivity index (χ0) is 10.2. The predicted octanol–water partition coefficient (Wildman–Crippen LogP) is 1.21. The number of benzene rings is 1. The van der Waals surface area contributed by atoms with E-state index < -0.39 is 15.9 Å². The fourth-order valence-corrected chi connectivity index (χ4v) is 1.77. The number of fused-ring (bicyclic) bond motifs is 1. The molecule has 1 aromatic heterocycles. The fraction of sp³-hybridized carbons (Fsp3) is 0.125. The van der Waals surface area contributed by atoms with Gasteiger partial charge in [0.15, 0.2) is 5.58 Å². The van der Waals surface area contributed by atoms with Crippen molar-refractivity contribution in [1.29, 1.82) is 0 Å². The summed E-state index contributed by atoms with van der Waals surface area (Å²) in [5, 5.41) is 4.17. The number of aromatic nitrogens is 1. The Balaban J connectivity index is 0.00000112. The molecule has 0 unspecified atom stereocenters. The molecule has 5 nitrogen and oxygen atoms in total. The largest absolute Gasteiger partial charge is 0.356 e. The SMILES string of the molecule is O=S(=O)(O)Cc1noc2ccccc12.[Y]. The van der Waals surface area contributed by atoms with Crippen molar-refractivity contribution >= 4 is 21.1 Å². The first-order valence-electron chi connectivity index (χ1n) is 3.85. The Labute approximate surface area is 111 Å². The summed E-state index contributed by atoms with van der Waals surface area (Å²) in [6, 6.07) is 6.86. The Morgan fingerprint density at radius 3 is 2.67 bits per heavy atom. The molecule has 15 heavy (non-hydrogen) atoms. The van der Waals surface area contributed by atoms with Gasteiger partial charge in [0.1, 0.15) is 11.4 Å². The van der Waals surface area contributed by atoms with Gasteiger partial charge in [0, 0.05) is 38.1 Å². The van der Waals surface area contributed by atoms with Crippen molar-refractivity contribution in [2.45, 2.75) is 5.75 Å². The third-order valence-corrected chi connectivity index (χ3v) is 2.41. The van der Waals surface area contributed by atoms with Crippen molar-refractivity contribution in [1.82, 2.24) is 5.16 Å². The summed E-state index contributed by atoms with van der Waals surface area (Å²) in [6.45, 7) is 0. The molecule has 1 heterocycles. The van der Waals surface area contributed by atoms with E-state index in [2.05, 4.69) is 5.16 Å². The molecule has 0 aliphatic heterocycles. The van der Waals surface area contributed by atoms with E-state index in [-0.39, 0.29) is 38.4 Å². The van der Waals surface area contributed by atoms with Crippen molar-refractivity contribution in [3.8, 4) is 0 Å². The monoisotopic (exact) mass is 302 g/mol. The molecular weight excluding hydrogens is 295 g/mol. The Morgan fingerprint density at radius 1 is 1.33 bits per heavy atom. The molecule has 1 N–H and O–H groups in total. The quantitative estimate of drug-likeness (QED) is 0.844. The number of hydrogen-bond donors (Lipinski definition) is 1. The zero-order valence-electron chi connectivity index (χ0n) is 7.62. The van der Waals surface area contributed by atoms with E-state index in [1.807, 2.05) is 0 Å². The van der Waals surface area contributed by atoms with Crippen LogP contribution in [0, 0.1) is 0 Å². The first-order chi connectivity index (χ1) is 6.56. The van der Waals surface area contributed by atoms with Gasteiger partial charge in [-0.1, -0.05) is 17.3 Å². The van der Waals surface area contributed by atoms with Gasteiger partial charge in [0.2, 0.25) is 0 Å². The Bertz CT molecular complexity index is 563. The van der Waals surface area contributed by atoms with Gasteiger partial charge in [-0.05, 0) is 12.1 Å². The molecule has 7 heteroatoms. The van der Waals surface area contributed by atoms with E-state index in [0.717, 1.165) is 0 Å². The second-order valence-corrected chi connectivity index (χ2v) is 4.30. The minimum absolute atomic E-state index is 0. The van der Waals surface area contributed by atoms with E-state index in [4.69, 9.17) is 9.08 Å². The molecule has 0 bridgehead atoms. The third-order valence-electron chi connectivity index (χ3n) is 1.77. The maximum atomic E-state index is 10.6. The molecule has 0 spiro atoms. The molecule has 0 fully saturated rings. The molecule has 0 aliphatic carbocycles. The second kappa shape index (κ2) is 4.70. The standard InChI is InChI=1S/C8H7NO4S.Y/c10-14(11,12)5-7-6-3-1-2-4-8(6)13-9-7;/h1-4H,5H2,(H,10,11,12);. The van der Waals surface area contributed by atoms with E-state index in [9.17, 15) is 8.42 Å². The smallest absolute Gasteiger partial charge is 0.270 e. The molecule has 2 rings (SSSR count). The van der Waals surface area contributed by atoms with Gasteiger partial charge in [-0.15, -0.1) is 0 Å². The van der Waals surface area contributed by atoms with Crippen LogP contribution in [0.3, 0.4) is 0 Å². The maximum absolute atomic E-state index is 10.6. The molecule has 0 saturated heterocycles. The van der Waals surface area contributed by atoms with Crippen LogP contribution in [-0.4, -0.2) is 18.1 Å². The average molecular weight is 302 g/mol. The van der Waals surface area contributed by atoms with Crippen molar-refractivity contribution in [2.75, 3.05) is 0 Å². The predicted molar refractivity (Wildman–Crippen MR) is 49.3 cm³/mol. The van der Waals surface area contributed by atoms with Gasteiger partial charge in [-0.2, -0.15) is 8.42 Å². The number of nitrogens with zero attached hydrogens (tertiary/aromatic N) is 1. The molecule has 0 amide bonds. The molecule has 77 valence electrons. The van der Waals surface area contributed by atoms with Gasteiger partial charge in [0.05, 0.1) is 0 Å². The van der Waals surface area contributed by atoms with Gasteiger partial charge < -0.3 is 4.52 Å². The Kier molecular flexibility index (Phi) is 4.00. The first kappa shape index (κ1) is 12.8. The summed E-state index contributed by atoms with van der Waals surface area (Å²) in [4.78, 5) is 0. The molecule has 1 aromatic carbocycles. The number of para-hydroxylation sites is 1. The summed E-state index contributed by atoms with van der Waals surface area (Å²) in [7, 11) is -4.06. The first-order valence-corrected chi connectivity index (χ1v) is 5.45. The van der Waals surface area contributed by atoms with Crippen LogP contribution in [0.2, 0.25) is 0 Å². The molecular formula is C8H7NO4SY. The minimum Gasteiger partial charge on any atom is -0.356 e. The van der Waals surface area contributed by atoms with Crippen LogP contribution < -0.4 is 0 Å². The van der Waals surface area contributed by atoms with Crippen LogP contribution in [-0.2, 0) is 48.6 Å². The van der Waals surface area contributed by atoms with Crippen molar-refractivity contribution in [3.05, 3.63) is 30.0 Å². The van der Waals surface area contributed by atoms with Gasteiger partial charge in [-0.25, -0.2) is 0 Å². The van der Waals surface area contributed by atoms with E-state index in [0.29, 0.717) is 11.0 Å². The molecule has 0 saturated carbocycles. The van der Waals surface area contributed by atoms with Crippen LogP contribution >= 0.6 is 0 Å². The molecule has 2 aromatic rings. The minimum atomic E-state index is -4.06. The molecule has 0 aliphatic rings. The van der Waals surface area contributed by atoms with Crippen LogP contribution in [0.1, 0.15) is 5.69 Å². The van der Waals surface area contributed by atoms with Crippen molar-refractivity contribution in [2.24, 2.45) is 0 Å². The number of rotatable bonds is 2. The fourth-order valence-electron chi connectivity index (χ4n) is 1.21. The summed E-state index contributed by atoms with van der Waals surface area (Å²) in [6.07, 6.45) is 0. The third kappa shape index (κ3) is 3.08. The van der Waals surface area contributed by atoms with Crippen LogP contribution in [0.25, 0.3) is 11.0 Å². The normalized spacial score (nSPS) is 11.3. The maximum Gasteiger partial charge on any atom is 0.270 e. The molecule has 1 radical (unpaired) electrons. The summed E-state index contributed by atoms with van der Waals surface area (Å²) >= 11 is 0. The summed E-state index contributed by atoms with van der Waals surface area (Å²) in [5.41, 5.74) is 0.731. The van der Waals surface area contributed by atoms with Crippen molar-refractivity contribution < 1.29 is 50.2 Å². The van der Waals surface area contributed by atoms with E-state index in [1.54, 1.807) is 24.3 Å². The van der Waals surface area contributed by atoms with Gasteiger partial charge >= 0.3 is 0 Å². The van der Waals surface area contributed by atoms with E-state index in [1.165, 1.54) is 0 Å². The van der Waals surface area contributed by atoms with Crippen LogP contribution in [0.4, 0.5) is 0 Å². The second-order valence-electron chi connectivity index (χ2n) is 2.85. The van der Waals surface area contributed by atoms with Gasteiger partial charge in [-0.3, -0.25) is 4.55 Å². The summed E-state index contributed by atoms with van der Waals surface area (Å²) < 4.78 is 34.7. The number of hydrogen-bond acceptors (Lipinski definition) is 4. The average Bonchev–Trinajstić information content (AvgIpc) is 2.47. The topological polar surface area (TPSA) is 80.4 Å². The van der Waals surface area contributed by atoms with Crippen molar-refractivity contribution in [3.63, 3.8) is 0 Å².